The summed E-state index contributed by atoms with van der Waals surface area (Å²) in [5.74, 6) is 0. The zero-order valence-corrected chi connectivity index (χ0v) is 8.66. The molecule has 76 valence electrons. The standard InChI is InChI=1S/C12H18N2/c1-9-4-2-3-5-11(9)12(13)8-14-10-6-7-10/h2-5,10,12,14H,6-8,13H2,1H3. The average Bonchev–Trinajstić information content (AvgIpc) is 2.98. The Morgan fingerprint density at radius 1 is 1.43 bits per heavy atom. The average molecular weight is 190 g/mol. The highest BCUT2D eigenvalue weighted by atomic mass is 15.0. The van der Waals surface area contributed by atoms with E-state index < -0.39 is 0 Å². The number of nitrogens with one attached hydrogen (secondary N) is 1. The van der Waals surface area contributed by atoms with Crippen molar-refractivity contribution in [3.05, 3.63) is 35.4 Å². The maximum atomic E-state index is 6.11. The lowest BCUT2D eigenvalue weighted by Gasteiger charge is -2.15. The third kappa shape index (κ3) is 2.34. The van der Waals surface area contributed by atoms with Gasteiger partial charge in [-0.1, -0.05) is 24.3 Å². The molecule has 0 spiro atoms. The van der Waals surface area contributed by atoms with Crippen LogP contribution < -0.4 is 11.1 Å². The zero-order chi connectivity index (χ0) is 9.97. The third-order valence-corrected chi connectivity index (χ3v) is 2.79. The van der Waals surface area contributed by atoms with E-state index in [2.05, 4.69) is 36.5 Å². The van der Waals surface area contributed by atoms with Crippen LogP contribution >= 0.6 is 0 Å². The summed E-state index contributed by atoms with van der Waals surface area (Å²) >= 11 is 0. The molecule has 2 heteroatoms. The first-order chi connectivity index (χ1) is 6.77. The number of hydrogen-bond donors (Lipinski definition) is 2. The van der Waals surface area contributed by atoms with Crippen LogP contribution in [0, 0.1) is 6.92 Å². The monoisotopic (exact) mass is 190 g/mol. The number of aryl methyl sites for hydroxylation is 1. The summed E-state index contributed by atoms with van der Waals surface area (Å²) in [5.41, 5.74) is 8.66. The van der Waals surface area contributed by atoms with E-state index in [0.717, 1.165) is 12.6 Å². The molecule has 0 radical (unpaired) electrons. The van der Waals surface area contributed by atoms with Crippen LogP contribution in [0.15, 0.2) is 24.3 Å². The van der Waals surface area contributed by atoms with Crippen molar-refractivity contribution in [1.82, 2.24) is 5.32 Å². The molecule has 2 rings (SSSR count). The first kappa shape index (κ1) is 9.69. The van der Waals surface area contributed by atoms with Crippen LogP contribution in [0.1, 0.15) is 30.0 Å². The van der Waals surface area contributed by atoms with E-state index in [4.69, 9.17) is 5.73 Å². The molecule has 0 bridgehead atoms. The van der Waals surface area contributed by atoms with Crippen LogP contribution in [0.25, 0.3) is 0 Å². The van der Waals surface area contributed by atoms with Crippen molar-refractivity contribution in [3.8, 4) is 0 Å². The zero-order valence-electron chi connectivity index (χ0n) is 8.66. The number of hydrogen-bond acceptors (Lipinski definition) is 2. The minimum atomic E-state index is 0.136. The molecule has 1 aromatic carbocycles. The van der Waals surface area contributed by atoms with Crippen molar-refractivity contribution >= 4 is 0 Å². The number of benzene rings is 1. The first-order valence-electron chi connectivity index (χ1n) is 5.32. The fourth-order valence-corrected chi connectivity index (χ4v) is 1.69. The van der Waals surface area contributed by atoms with Gasteiger partial charge in [0.2, 0.25) is 0 Å². The smallest absolute Gasteiger partial charge is 0.0424 e. The molecule has 0 saturated heterocycles. The normalized spacial score (nSPS) is 18.1. The molecule has 14 heavy (non-hydrogen) atoms. The second kappa shape index (κ2) is 4.11. The van der Waals surface area contributed by atoms with Crippen LogP contribution in [0.5, 0.6) is 0 Å². The molecule has 0 aliphatic heterocycles. The van der Waals surface area contributed by atoms with Gasteiger partial charge >= 0.3 is 0 Å². The third-order valence-electron chi connectivity index (χ3n) is 2.79. The molecule has 1 aliphatic rings. The van der Waals surface area contributed by atoms with Gasteiger partial charge < -0.3 is 11.1 Å². The van der Waals surface area contributed by atoms with Crippen LogP contribution in [-0.4, -0.2) is 12.6 Å². The largest absolute Gasteiger partial charge is 0.323 e. The van der Waals surface area contributed by atoms with Gasteiger partial charge in [0.1, 0.15) is 0 Å². The number of rotatable bonds is 4. The Balaban J connectivity index is 1.95. The molecule has 1 fully saturated rings. The summed E-state index contributed by atoms with van der Waals surface area (Å²) < 4.78 is 0. The second-order valence-corrected chi connectivity index (χ2v) is 4.15. The van der Waals surface area contributed by atoms with Crippen LogP contribution in [0.2, 0.25) is 0 Å². The Hall–Kier alpha value is -0.860. The highest BCUT2D eigenvalue weighted by Gasteiger charge is 2.21. The molecule has 1 aliphatic carbocycles. The molecular weight excluding hydrogens is 172 g/mol. The lowest BCUT2D eigenvalue weighted by molar-refractivity contribution is 0.593. The van der Waals surface area contributed by atoms with E-state index in [-0.39, 0.29) is 6.04 Å². The Morgan fingerprint density at radius 2 is 2.14 bits per heavy atom. The van der Waals surface area contributed by atoms with Crippen molar-refractivity contribution in [2.75, 3.05) is 6.54 Å². The van der Waals surface area contributed by atoms with Gasteiger partial charge in [0.15, 0.2) is 0 Å². The fraction of sp³-hybridized carbons (Fsp3) is 0.500. The minimum absolute atomic E-state index is 0.136. The molecule has 1 aromatic rings. The molecule has 0 amide bonds. The molecule has 0 heterocycles. The Labute approximate surface area is 85.5 Å². The van der Waals surface area contributed by atoms with Gasteiger partial charge in [-0.2, -0.15) is 0 Å². The lowest BCUT2D eigenvalue weighted by Crippen LogP contribution is -2.28. The molecule has 1 unspecified atom stereocenters. The van der Waals surface area contributed by atoms with Crippen LogP contribution in [-0.2, 0) is 0 Å². The maximum Gasteiger partial charge on any atom is 0.0424 e. The van der Waals surface area contributed by atoms with E-state index in [1.54, 1.807) is 0 Å². The maximum absolute atomic E-state index is 6.11. The highest BCUT2D eigenvalue weighted by Crippen LogP contribution is 2.20. The quantitative estimate of drug-likeness (QED) is 0.759. The molecule has 1 atom stereocenters. The summed E-state index contributed by atoms with van der Waals surface area (Å²) in [6.07, 6.45) is 2.64. The highest BCUT2D eigenvalue weighted by molar-refractivity contribution is 5.28. The summed E-state index contributed by atoms with van der Waals surface area (Å²) in [7, 11) is 0. The van der Waals surface area contributed by atoms with Crippen molar-refractivity contribution in [3.63, 3.8) is 0 Å². The molecule has 2 nitrogen and oxygen atoms in total. The van der Waals surface area contributed by atoms with E-state index in [1.807, 2.05) is 0 Å². The van der Waals surface area contributed by atoms with Crippen LogP contribution in [0.4, 0.5) is 0 Å². The summed E-state index contributed by atoms with van der Waals surface area (Å²) in [6, 6.07) is 9.22. The predicted octanol–water partition coefficient (Wildman–Crippen LogP) is 1.75. The SMILES string of the molecule is Cc1ccccc1C(N)CNC1CC1. The number of nitrogens with two attached hydrogens (primary N) is 1. The van der Waals surface area contributed by atoms with Gasteiger partial charge in [-0.25, -0.2) is 0 Å². The Bertz CT molecular complexity index is 305. The Morgan fingerprint density at radius 3 is 2.79 bits per heavy atom. The van der Waals surface area contributed by atoms with Gasteiger partial charge in [-0.3, -0.25) is 0 Å². The molecule has 1 saturated carbocycles. The van der Waals surface area contributed by atoms with Gasteiger partial charge in [-0.05, 0) is 30.9 Å². The van der Waals surface area contributed by atoms with Crippen molar-refractivity contribution in [2.24, 2.45) is 5.73 Å². The predicted molar refractivity (Wildman–Crippen MR) is 59.1 cm³/mol. The van der Waals surface area contributed by atoms with E-state index in [9.17, 15) is 0 Å². The van der Waals surface area contributed by atoms with Gasteiger partial charge in [-0.15, -0.1) is 0 Å². The van der Waals surface area contributed by atoms with Gasteiger partial charge in [0.25, 0.3) is 0 Å². The van der Waals surface area contributed by atoms with Gasteiger partial charge in [0, 0.05) is 18.6 Å². The van der Waals surface area contributed by atoms with E-state index >= 15 is 0 Å². The van der Waals surface area contributed by atoms with Crippen LogP contribution in [0.3, 0.4) is 0 Å². The summed E-state index contributed by atoms with van der Waals surface area (Å²) in [4.78, 5) is 0. The van der Waals surface area contributed by atoms with Crippen molar-refractivity contribution in [1.29, 1.82) is 0 Å². The Kier molecular flexibility index (Phi) is 2.85. The second-order valence-electron chi connectivity index (χ2n) is 4.15. The topological polar surface area (TPSA) is 38.0 Å². The molecular formula is C12H18N2. The molecule has 3 N–H and O–H groups in total. The minimum Gasteiger partial charge on any atom is -0.323 e. The van der Waals surface area contributed by atoms with E-state index in [0.29, 0.717) is 0 Å². The summed E-state index contributed by atoms with van der Waals surface area (Å²) in [6.45, 7) is 3.02. The summed E-state index contributed by atoms with van der Waals surface area (Å²) in [5, 5.41) is 3.46. The first-order valence-corrected chi connectivity index (χ1v) is 5.32. The molecule has 0 aromatic heterocycles. The van der Waals surface area contributed by atoms with Crippen molar-refractivity contribution in [2.45, 2.75) is 31.8 Å². The van der Waals surface area contributed by atoms with Crippen molar-refractivity contribution < 1.29 is 0 Å². The lowest BCUT2D eigenvalue weighted by atomic mass is 10.0. The van der Waals surface area contributed by atoms with Gasteiger partial charge in [0.05, 0.1) is 0 Å². The van der Waals surface area contributed by atoms with E-state index in [1.165, 1.54) is 24.0 Å². The fourth-order valence-electron chi connectivity index (χ4n) is 1.69.